The van der Waals surface area contributed by atoms with Gasteiger partial charge in [-0.2, -0.15) is 0 Å². The van der Waals surface area contributed by atoms with E-state index in [2.05, 4.69) is 21.7 Å². The van der Waals surface area contributed by atoms with Crippen LogP contribution in [0.5, 0.6) is 5.75 Å². The molecule has 0 aliphatic carbocycles. The maximum absolute atomic E-state index is 6.82. The lowest BCUT2D eigenvalue weighted by Crippen LogP contribution is -3.00. The summed E-state index contributed by atoms with van der Waals surface area (Å²) in [5.74, 6) is 2.23. The van der Waals surface area contributed by atoms with Gasteiger partial charge in [0, 0.05) is 5.69 Å². The molecule has 0 spiro atoms. The number of nitrogens with zero attached hydrogens (tertiary/aromatic N) is 4. The van der Waals surface area contributed by atoms with Crippen molar-refractivity contribution in [2.24, 2.45) is 7.05 Å². The summed E-state index contributed by atoms with van der Waals surface area (Å²) in [7, 11) is 3.68. The van der Waals surface area contributed by atoms with Gasteiger partial charge in [0.15, 0.2) is 16.7 Å². The molecule has 0 saturated heterocycles. The van der Waals surface area contributed by atoms with Gasteiger partial charge in [-0.3, -0.25) is 4.57 Å². The number of aryl methyl sites for hydroxylation is 1. The zero-order valence-corrected chi connectivity index (χ0v) is 18.8. The van der Waals surface area contributed by atoms with Crippen LogP contribution in [-0.4, -0.2) is 26.6 Å². The fourth-order valence-electron chi connectivity index (χ4n) is 4.32. The Bertz CT molecular complexity index is 1630. The third kappa shape index (κ3) is 3.08. The van der Waals surface area contributed by atoms with Crippen molar-refractivity contribution in [1.82, 2.24) is 19.5 Å². The van der Waals surface area contributed by atoms with Crippen molar-refractivity contribution >= 4 is 39.0 Å². The topological polar surface area (TPSA) is 85.6 Å². The third-order valence-electron chi connectivity index (χ3n) is 5.92. The fourth-order valence-corrected chi connectivity index (χ4v) is 4.32. The number of rotatable bonds is 3. The van der Waals surface area contributed by atoms with Gasteiger partial charge >= 0.3 is 0 Å². The number of imidazole rings is 1. The number of nitrogens with two attached hydrogens (primary N) is 1. The second kappa shape index (κ2) is 7.79. The number of para-hydroxylation sites is 4. The highest BCUT2D eigenvalue weighted by molar-refractivity contribution is 6.01. The Morgan fingerprint density at radius 2 is 1.58 bits per heavy atom. The number of fused-ring (bicyclic) bond motifs is 3. The summed E-state index contributed by atoms with van der Waals surface area (Å²) >= 11 is 0. The van der Waals surface area contributed by atoms with Crippen LogP contribution in [0.2, 0.25) is 0 Å². The largest absolute Gasteiger partial charge is 1.00 e. The van der Waals surface area contributed by atoms with Crippen LogP contribution in [0.1, 0.15) is 0 Å². The van der Waals surface area contributed by atoms with Gasteiger partial charge in [0.2, 0.25) is 0 Å². The number of benzene rings is 3. The van der Waals surface area contributed by atoms with Crippen LogP contribution >= 0.6 is 0 Å². The highest BCUT2D eigenvalue weighted by atomic mass is 35.5. The van der Waals surface area contributed by atoms with Crippen molar-refractivity contribution in [3.8, 4) is 22.8 Å². The molecule has 0 fully saturated rings. The van der Waals surface area contributed by atoms with Gasteiger partial charge < -0.3 is 22.9 Å². The number of nitrogen functional groups attached to an aromatic ring is 1. The number of H-pyrrole nitrogens is 1. The Morgan fingerprint density at radius 3 is 2.27 bits per heavy atom. The van der Waals surface area contributed by atoms with Crippen LogP contribution in [0.3, 0.4) is 0 Å². The van der Waals surface area contributed by atoms with Crippen molar-refractivity contribution in [3.63, 3.8) is 0 Å². The number of hydrogen-bond donors (Lipinski definition) is 2. The Kier molecular flexibility index (Phi) is 4.91. The lowest BCUT2D eigenvalue weighted by molar-refractivity contribution is -0.633. The maximum atomic E-state index is 6.82. The normalized spacial score (nSPS) is 11.2. The van der Waals surface area contributed by atoms with E-state index in [0.717, 1.165) is 50.4 Å². The van der Waals surface area contributed by atoms with Crippen LogP contribution in [0.4, 0.5) is 5.82 Å². The summed E-state index contributed by atoms with van der Waals surface area (Å²) in [5, 5.41) is 0. The molecule has 0 aliphatic heterocycles. The van der Waals surface area contributed by atoms with Crippen LogP contribution in [-0.2, 0) is 7.05 Å². The van der Waals surface area contributed by atoms with Crippen molar-refractivity contribution in [1.29, 1.82) is 0 Å². The molecule has 8 heteroatoms. The van der Waals surface area contributed by atoms with E-state index < -0.39 is 0 Å². The van der Waals surface area contributed by atoms with Gasteiger partial charge in [-0.25, -0.2) is 19.5 Å². The minimum Gasteiger partial charge on any atom is -1.00 e. The molecule has 0 amide bonds. The first-order valence-corrected chi connectivity index (χ1v) is 10.3. The molecule has 3 aromatic carbocycles. The van der Waals surface area contributed by atoms with Crippen molar-refractivity contribution in [2.75, 3.05) is 12.8 Å². The van der Waals surface area contributed by atoms with Gasteiger partial charge in [0.1, 0.15) is 22.6 Å². The molecule has 0 radical (unpaired) electrons. The first kappa shape index (κ1) is 20.8. The molecule has 0 saturated carbocycles. The second-order valence-corrected chi connectivity index (χ2v) is 7.73. The molecule has 0 aliphatic rings. The molecule has 0 bridgehead atoms. The molecule has 3 N–H and O–H groups in total. The molecule has 7 nitrogen and oxygen atoms in total. The predicted molar refractivity (Wildman–Crippen MR) is 126 cm³/mol. The molecule has 0 unspecified atom stereocenters. The first-order valence-electron chi connectivity index (χ1n) is 10.3. The van der Waals surface area contributed by atoms with Crippen molar-refractivity contribution in [2.45, 2.75) is 0 Å². The zero-order valence-electron chi connectivity index (χ0n) is 18.1. The SMILES string of the molecule is COc1ccc(-n2c(N)c(-c3[nH]c4ccccc4[n+]3C)c3nc4ccccc4nc32)cc1.[Cl-]. The van der Waals surface area contributed by atoms with Crippen LogP contribution < -0.4 is 27.4 Å². The number of methoxy groups -OCH3 is 1. The van der Waals surface area contributed by atoms with Crippen LogP contribution in [0.15, 0.2) is 72.8 Å². The average Bonchev–Trinajstić information content (AvgIpc) is 3.30. The summed E-state index contributed by atoms with van der Waals surface area (Å²) in [4.78, 5) is 13.5. The number of hydrogen-bond acceptors (Lipinski definition) is 4. The lowest BCUT2D eigenvalue weighted by atomic mass is 10.2. The number of aromatic nitrogens is 5. The molecule has 164 valence electrons. The van der Waals surface area contributed by atoms with Crippen LogP contribution in [0.25, 0.3) is 50.3 Å². The summed E-state index contributed by atoms with van der Waals surface area (Å²) in [5.41, 5.74) is 13.8. The number of ether oxygens (including phenoxy) is 1. The summed E-state index contributed by atoms with van der Waals surface area (Å²) in [6.45, 7) is 0. The molecule has 0 atom stereocenters. The standard InChI is InChI=1S/C25H20N6O.ClH/c1-30-20-10-6-5-9-19(20)29-24(30)21-22-25(28-18-8-4-3-7-17(18)27-22)31(23(21)26)15-11-13-16(32-2)14-12-15;/h3-14H,1-2H3,(H2,26,27,29);1H. The zero-order chi connectivity index (χ0) is 21.8. The smallest absolute Gasteiger partial charge is 0.293 e. The molecular weight excluding hydrogens is 436 g/mol. The summed E-state index contributed by atoms with van der Waals surface area (Å²) in [6.07, 6.45) is 0. The average molecular weight is 457 g/mol. The van der Waals surface area contributed by atoms with E-state index in [0.29, 0.717) is 11.5 Å². The second-order valence-electron chi connectivity index (χ2n) is 7.73. The Labute approximate surface area is 195 Å². The van der Waals surface area contributed by atoms with Gasteiger partial charge in [-0.1, -0.05) is 24.3 Å². The van der Waals surface area contributed by atoms with Crippen molar-refractivity contribution in [3.05, 3.63) is 72.8 Å². The monoisotopic (exact) mass is 456 g/mol. The quantitative estimate of drug-likeness (QED) is 0.391. The van der Waals surface area contributed by atoms with Crippen molar-refractivity contribution < 1.29 is 21.7 Å². The highest BCUT2D eigenvalue weighted by Crippen LogP contribution is 2.37. The van der Waals surface area contributed by atoms with E-state index in [9.17, 15) is 0 Å². The molecular formula is C25H21ClN6O. The first-order chi connectivity index (χ1) is 15.7. The predicted octanol–water partition coefficient (Wildman–Crippen LogP) is 1.14. The van der Waals surface area contributed by atoms with Gasteiger partial charge in [-0.15, -0.1) is 0 Å². The van der Waals surface area contributed by atoms with E-state index in [-0.39, 0.29) is 12.4 Å². The molecule has 3 heterocycles. The van der Waals surface area contributed by atoms with E-state index in [1.54, 1.807) is 7.11 Å². The number of aromatic amines is 1. The lowest BCUT2D eigenvalue weighted by Gasteiger charge is -2.08. The maximum Gasteiger partial charge on any atom is 0.293 e. The van der Waals surface area contributed by atoms with E-state index in [1.807, 2.05) is 72.3 Å². The number of anilines is 1. The molecule has 3 aromatic heterocycles. The molecule has 33 heavy (non-hydrogen) atoms. The minimum absolute atomic E-state index is 0. The summed E-state index contributed by atoms with van der Waals surface area (Å²) < 4.78 is 9.39. The molecule has 6 aromatic rings. The van der Waals surface area contributed by atoms with Gasteiger partial charge in [0.05, 0.1) is 25.2 Å². The highest BCUT2D eigenvalue weighted by Gasteiger charge is 2.28. The number of halogens is 1. The minimum atomic E-state index is 0. The van der Waals surface area contributed by atoms with E-state index in [1.165, 1.54) is 0 Å². The van der Waals surface area contributed by atoms with Crippen LogP contribution in [0, 0.1) is 0 Å². The number of nitrogens with one attached hydrogen (secondary N) is 1. The van der Waals surface area contributed by atoms with Gasteiger partial charge in [-0.05, 0) is 48.5 Å². The third-order valence-corrected chi connectivity index (χ3v) is 5.92. The van der Waals surface area contributed by atoms with Gasteiger partial charge in [0.25, 0.3) is 5.82 Å². The Balaban J connectivity index is 0.00000228. The Morgan fingerprint density at radius 1 is 0.909 bits per heavy atom. The summed E-state index contributed by atoms with van der Waals surface area (Å²) in [6, 6.07) is 23.8. The van der Waals surface area contributed by atoms with E-state index in [4.69, 9.17) is 20.4 Å². The fraction of sp³-hybridized carbons (Fsp3) is 0.0800. The Hall–Kier alpha value is -4.10. The van der Waals surface area contributed by atoms with E-state index >= 15 is 0 Å². The molecule has 6 rings (SSSR count).